The standard InChI is InChI=1S/C20H17N3O2S/c1-13-12-18(17-9-10-21-25-17)26-19(13)14-5-7-15(8-6-14)22-20(24)16-4-3-11-23(16)2/h3-12H,1-2H3,(H,22,24). The number of thiophene rings is 1. The number of hydrogen-bond donors (Lipinski definition) is 1. The molecule has 0 saturated carbocycles. The lowest BCUT2D eigenvalue weighted by atomic mass is 10.1. The van der Waals surface area contributed by atoms with Gasteiger partial charge in [0.25, 0.3) is 5.91 Å². The van der Waals surface area contributed by atoms with Crippen molar-refractivity contribution in [3.05, 3.63) is 72.2 Å². The number of carbonyl (C=O) groups is 1. The van der Waals surface area contributed by atoms with Gasteiger partial charge in [0, 0.05) is 29.9 Å². The summed E-state index contributed by atoms with van der Waals surface area (Å²) in [5, 5.41) is 6.69. The van der Waals surface area contributed by atoms with Crippen molar-refractivity contribution >= 4 is 22.9 Å². The average molecular weight is 363 g/mol. The summed E-state index contributed by atoms with van der Waals surface area (Å²) >= 11 is 1.67. The summed E-state index contributed by atoms with van der Waals surface area (Å²) < 4.78 is 7.04. The van der Waals surface area contributed by atoms with Crippen molar-refractivity contribution in [3.8, 4) is 21.1 Å². The van der Waals surface area contributed by atoms with E-state index in [4.69, 9.17) is 4.52 Å². The van der Waals surface area contributed by atoms with Crippen molar-refractivity contribution in [1.29, 1.82) is 0 Å². The van der Waals surface area contributed by atoms with Gasteiger partial charge in [0.1, 0.15) is 5.69 Å². The van der Waals surface area contributed by atoms with Crippen molar-refractivity contribution in [2.45, 2.75) is 6.92 Å². The van der Waals surface area contributed by atoms with Crippen molar-refractivity contribution in [3.63, 3.8) is 0 Å². The second-order valence-corrected chi connectivity index (χ2v) is 7.09. The van der Waals surface area contributed by atoms with Gasteiger partial charge in [-0.3, -0.25) is 4.79 Å². The average Bonchev–Trinajstić information content (AvgIpc) is 3.36. The molecule has 0 radical (unpaired) electrons. The molecule has 1 aromatic carbocycles. The van der Waals surface area contributed by atoms with Crippen LogP contribution in [-0.4, -0.2) is 15.6 Å². The van der Waals surface area contributed by atoms with Crippen LogP contribution in [0.3, 0.4) is 0 Å². The Morgan fingerprint density at radius 3 is 2.65 bits per heavy atom. The molecular formula is C20H17N3O2S. The molecule has 3 aromatic heterocycles. The summed E-state index contributed by atoms with van der Waals surface area (Å²) in [5.74, 6) is 0.654. The van der Waals surface area contributed by atoms with Gasteiger partial charge in [0.15, 0.2) is 5.76 Å². The zero-order chi connectivity index (χ0) is 18.1. The third-order valence-electron chi connectivity index (χ3n) is 4.18. The van der Waals surface area contributed by atoms with Crippen LogP contribution < -0.4 is 5.32 Å². The maximum absolute atomic E-state index is 12.3. The Bertz CT molecular complexity index is 1040. The first-order valence-corrected chi connectivity index (χ1v) is 8.98. The fourth-order valence-corrected chi connectivity index (χ4v) is 3.97. The molecule has 26 heavy (non-hydrogen) atoms. The number of aromatic nitrogens is 2. The Hall–Kier alpha value is -3.12. The molecule has 3 heterocycles. The van der Waals surface area contributed by atoms with E-state index in [1.54, 1.807) is 28.2 Å². The Kier molecular flexibility index (Phi) is 4.18. The summed E-state index contributed by atoms with van der Waals surface area (Å²) in [6.45, 7) is 2.08. The molecule has 4 rings (SSSR count). The van der Waals surface area contributed by atoms with Crippen molar-refractivity contribution in [2.75, 3.05) is 5.32 Å². The molecule has 130 valence electrons. The summed E-state index contributed by atoms with van der Waals surface area (Å²) in [5.41, 5.74) is 3.68. The topological polar surface area (TPSA) is 60.1 Å². The molecule has 4 aromatic rings. The Morgan fingerprint density at radius 2 is 2.00 bits per heavy atom. The summed E-state index contributed by atoms with van der Waals surface area (Å²) in [4.78, 5) is 14.5. The second-order valence-electron chi connectivity index (χ2n) is 6.04. The highest BCUT2D eigenvalue weighted by molar-refractivity contribution is 7.19. The molecule has 0 aliphatic heterocycles. The minimum absolute atomic E-state index is 0.120. The molecule has 0 atom stereocenters. The van der Waals surface area contributed by atoms with Crippen LogP contribution in [0.25, 0.3) is 21.1 Å². The largest absolute Gasteiger partial charge is 0.355 e. The van der Waals surface area contributed by atoms with E-state index < -0.39 is 0 Å². The molecule has 1 N–H and O–H groups in total. The van der Waals surface area contributed by atoms with Crippen LogP contribution in [0.15, 0.2) is 65.4 Å². The lowest BCUT2D eigenvalue weighted by Gasteiger charge is -2.07. The predicted octanol–water partition coefficient (Wildman–Crippen LogP) is 4.97. The molecular weight excluding hydrogens is 346 g/mol. The first kappa shape index (κ1) is 16.4. The number of benzene rings is 1. The van der Waals surface area contributed by atoms with Crippen LogP contribution in [0.1, 0.15) is 16.1 Å². The van der Waals surface area contributed by atoms with Crippen molar-refractivity contribution in [1.82, 2.24) is 9.72 Å². The van der Waals surface area contributed by atoms with E-state index in [0.29, 0.717) is 5.69 Å². The number of hydrogen-bond acceptors (Lipinski definition) is 4. The van der Waals surface area contributed by atoms with E-state index in [-0.39, 0.29) is 5.91 Å². The highest BCUT2D eigenvalue weighted by Gasteiger charge is 2.13. The maximum Gasteiger partial charge on any atom is 0.272 e. The number of anilines is 1. The maximum atomic E-state index is 12.3. The highest BCUT2D eigenvalue weighted by atomic mass is 32.1. The molecule has 0 aliphatic rings. The van der Waals surface area contributed by atoms with Gasteiger partial charge >= 0.3 is 0 Å². The SMILES string of the molecule is Cc1cc(-c2ccno2)sc1-c1ccc(NC(=O)c2cccn2C)cc1. The smallest absolute Gasteiger partial charge is 0.272 e. The van der Waals surface area contributed by atoms with Crippen LogP contribution in [-0.2, 0) is 7.05 Å². The van der Waals surface area contributed by atoms with Gasteiger partial charge in [-0.25, -0.2) is 0 Å². The molecule has 0 unspecified atom stereocenters. The molecule has 0 spiro atoms. The van der Waals surface area contributed by atoms with Gasteiger partial charge in [0.05, 0.1) is 11.1 Å². The normalized spacial score (nSPS) is 10.8. The van der Waals surface area contributed by atoms with Gasteiger partial charge in [-0.15, -0.1) is 11.3 Å². The number of nitrogens with one attached hydrogen (secondary N) is 1. The van der Waals surface area contributed by atoms with Crippen molar-refractivity contribution < 1.29 is 9.32 Å². The second kappa shape index (κ2) is 6.65. The first-order valence-electron chi connectivity index (χ1n) is 8.16. The number of aryl methyl sites for hydroxylation is 2. The Labute approximate surface area is 154 Å². The Balaban J connectivity index is 1.55. The van der Waals surface area contributed by atoms with Gasteiger partial charge in [-0.2, -0.15) is 0 Å². The van der Waals surface area contributed by atoms with Crippen LogP contribution in [0, 0.1) is 6.92 Å². The molecule has 0 fully saturated rings. The van der Waals surface area contributed by atoms with Gasteiger partial charge in [-0.05, 0) is 48.4 Å². The highest BCUT2D eigenvalue weighted by Crippen LogP contribution is 2.38. The van der Waals surface area contributed by atoms with E-state index in [9.17, 15) is 4.79 Å². The minimum Gasteiger partial charge on any atom is -0.355 e. The predicted molar refractivity (Wildman–Crippen MR) is 103 cm³/mol. The third kappa shape index (κ3) is 3.07. The number of amides is 1. The number of nitrogens with zero attached hydrogens (tertiary/aromatic N) is 2. The van der Waals surface area contributed by atoms with E-state index in [1.807, 2.05) is 49.6 Å². The molecule has 0 aliphatic carbocycles. The molecule has 1 amide bonds. The lowest BCUT2D eigenvalue weighted by Crippen LogP contribution is -2.15. The fraction of sp³-hybridized carbons (Fsp3) is 0.100. The van der Waals surface area contributed by atoms with Crippen molar-refractivity contribution in [2.24, 2.45) is 7.05 Å². The van der Waals surface area contributed by atoms with Gasteiger partial charge < -0.3 is 14.4 Å². The van der Waals surface area contributed by atoms with Crippen LogP contribution in [0.4, 0.5) is 5.69 Å². The van der Waals surface area contributed by atoms with E-state index in [0.717, 1.165) is 21.9 Å². The summed E-state index contributed by atoms with van der Waals surface area (Å²) in [6.07, 6.45) is 3.50. The summed E-state index contributed by atoms with van der Waals surface area (Å²) in [6, 6.07) is 15.5. The van der Waals surface area contributed by atoms with E-state index >= 15 is 0 Å². The quantitative estimate of drug-likeness (QED) is 0.557. The van der Waals surface area contributed by atoms with Gasteiger partial charge in [0.2, 0.25) is 0 Å². The minimum atomic E-state index is -0.120. The third-order valence-corrected chi connectivity index (χ3v) is 5.48. The Morgan fingerprint density at radius 1 is 1.19 bits per heavy atom. The molecule has 5 nitrogen and oxygen atoms in total. The number of carbonyl (C=O) groups excluding carboxylic acids is 1. The van der Waals surface area contributed by atoms with E-state index in [1.165, 1.54) is 10.4 Å². The summed E-state index contributed by atoms with van der Waals surface area (Å²) in [7, 11) is 1.85. The first-order chi connectivity index (χ1) is 12.6. The zero-order valence-electron chi connectivity index (χ0n) is 14.4. The van der Waals surface area contributed by atoms with Crippen LogP contribution in [0.5, 0.6) is 0 Å². The monoisotopic (exact) mass is 363 g/mol. The lowest BCUT2D eigenvalue weighted by molar-refractivity contribution is 0.101. The molecule has 0 saturated heterocycles. The van der Waals surface area contributed by atoms with Crippen LogP contribution >= 0.6 is 11.3 Å². The van der Waals surface area contributed by atoms with E-state index in [2.05, 4.69) is 23.5 Å². The van der Waals surface area contributed by atoms with Gasteiger partial charge in [-0.1, -0.05) is 17.3 Å². The number of rotatable bonds is 4. The van der Waals surface area contributed by atoms with Crippen LogP contribution in [0.2, 0.25) is 0 Å². The molecule has 0 bridgehead atoms. The molecule has 6 heteroatoms. The fourth-order valence-electron chi connectivity index (χ4n) is 2.83. The zero-order valence-corrected chi connectivity index (χ0v) is 15.2.